The topological polar surface area (TPSA) is 102 Å². The van der Waals surface area contributed by atoms with Gasteiger partial charge in [0.1, 0.15) is 0 Å². The molecule has 32 heavy (non-hydrogen) atoms. The number of rotatable bonds is 7. The molecule has 0 aromatic heterocycles. The number of esters is 2. The van der Waals surface area contributed by atoms with Crippen molar-refractivity contribution in [2.75, 3.05) is 23.4 Å². The van der Waals surface area contributed by atoms with Gasteiger partial charge in [-0.3, -0.25) is 14.4 Å². The predicted octanol–water partition coefficient (Wildman–Crippen LogP) is 3.10. The van der Waals surface area contributed by atoms with Crippen molar-refractivity contribution in [1.82, 2.24) is 0 Å². The number of amides is 2. The summed E-state index contributed by atoms with van der Waals surface area (Å²) in [6.07, 6.45) is -0.233. The highest BCUT2D eigenvalue weighted by Crippen LogP contribution is 2.26. The molecule has 2 aromatic carbocycles. The Balaban J connectivity index is 1.53. The van der Waals surface area contributed by atoms with Crippen LogP contribution < -0.4 is 10.2 Å². The first-order chi connectivity index (χ1) is 15.2. The number of hydrogen-bond acceptors (Lipinski definition) is 6. The smallest absolute Gasteiger partial charge is 0.338 e. The van der Waals surface area contributed by atoms with Crippen molar-refractivity contribution in [3.8, 4) is 0 Å². The third kappa shape index (κ3) is 5.72. The van der Waals surface area contributed by atoms with Gasteiger partial charge in [-0.25, -0.2) is 4.79 Å². The molecule has 0 radical (unpaired) electrons. The lowest BCUT2D eigenvalue weighted by Crippen LogP contribution is -2.28. The Morgan fingerprint density at radius 1 is 1.09 bits per heavy atom. The zero-order chi connectivity index (χ0) is 23.3. The van der Waals surface area contributed by atoms with E-state index in [0.717, 1.165) is 5.56 Å². The van der Waals surface area contributed by atoms with E-state index in [0.29, 0.717) is 16.9 Å². The number of para-hydroxylation sites is 1. The Labute approximate surface area is 186 Å². The normalized spacial score (nSPS) is 15.6. The van der Waals surface area contributed by atoms with Crippen molar-refractivity contribution >= 4 is 35.1 Å². The van der Waals surface area contributed by atoms with Crippen molar-refractivity contribution in [1.29, 1.82) is 0 Å². The summed E-state index contributed by atoms with van der Waals surface area (Å²) >= 11 is 0. The minimum absolute atomic E-state index is 0.00458. The second-order valence-corrected chi connectivity index (χ2v) is 7.88. The number of hydrogen-bond donors (Lipinski definition) is 1. The fourth-order valence-corrected chi connectivity index (χ4v) is 3.33. The van der Waals surface area contributed by atoms with Gasteiger partial charge in [0.2, 0.25) is 5.91 Å². The number of anilines is 2. The molecule has 0 bridgehead atoms. The minimum Gasteiger partial charge on any atom is -0.459 e. The van der Waals surface area contributed by atoms with Crippen molar-refractivity contribution in [2.24, 2.45) is 5.92 Å². The Kier molecular flexibility index (Phi) is 7.25. The van der Waals surface area contributed by atoms with E-state index in [4.69, 9.17) is 9.47 Å². The van der Waals surface area contributed by atoms with Gasteiger partial charge in [-0.1, -0.05) is 18.2 Å². The number of carbonyl (C=O) groups is 4. The third-order valence-electron chi connectivity index (χ3n) is 4.98. The van der Waals surface area contributed by atoms with E-state index >= 15 is 0 Å². The fourth-order valence-electron chi connectivity index (χ4n) is 3.33. The molecular weight excluding hydrogens is 412 g/mol. The zero-order valence-corrected chi connectivity index (χ0v) is 18.3. The van der Waals surface area contributed by atoms with Crippen LogP contribution in [0.1, 0.15) is 36.2 Å². The molecule has 8 nitrogen and oxygen atoms in total. The number of benzene rings is 2. The summed E-state index contributed by atoms with van der Waals surface area (Å²) in [7, 11) is 0. The maximum absolute atomic E-state index is 12.4. The lowest BCUT2D eigenvalue weighted by molar-refractivity contribution is -0.151. The molecule has 0 aliphatic carbocycles. The van der Waals surface area contributed by atoms with Crippen LogP contribution in [-0.2, 0) is 23.9 Å². The van der Waals surface area contributed by atoms with E-state index in [2.05, 4.69) is 5.32 Å². The molecule has 1 fully saturated rings. The average Bonchev–Trinajstić information content (AvgIpc) is 3.15. The van der Waals surface area contributed by atoms with Gasteiger partial charge in [0.05, 0.1) is 17.6 Å². The summed E-state index contributed by atoms with van der Waals surface area (Å²) in [5.74, 6) is -2.38. The Hall–Kier alpha value is -3.68. The number of nitrogens with one attached hydrogen (secondary N) is 1. The van der Waals surface area contributed by atoms with Crippen LogP contribution in [0.2, 0.25) is 0 Å². The first kappa shape index (κ1) is 23.0. The third-order valence-corrected chi connectivity index (χ3v) is 4.98. The quantitative estimate of drug-likeness (QED) is 0.667. The number of aryl methyl sites for hydroxylation is 1. The second-order valence-electron chi connectivity index (χ2n) is 7.88. The highest BCUT2D eigenvalue weighted by molar-refractivity contribution is 6.00. The summed E-state index contributed by atoms with van der Waals surface area (Å²) < 4.78 is 10.3. The van der Waals surface area contributed by atoms with Gasteiger partial charge in [0, 0.05) is 24.3 Å². The van der Waals surface area contributed by atoms with Gasteiger partial charge in [-0.05, 0) is 56.7 Å². The van der Waals surface area contributed by atoms with E-state index in [-0.39, 0.29) is 25.0 Å². The second kappa shape index (κ2) is 10.1. The van der Waals surface area contributed by atoms with Crippen molar-refractivity contribution in [2.45, 2.75) is 33.3 Å². The van der Waals surface area contributed by atoms with E-state index in [1.807, 2.05) is 19.1 Å². The lowest BCUT2D eigenvalue weighted by Gasteiger charge is -2.17. The standard InChI is InChI=1S/C24H26N2O6/c1-15(2)32-24(30)17-8-10-19(11-9-17)26-13-18(12-22(26)28)23(29)31-14-21(27)25-20-7-5-4-6-16(20)3/h4-11,15,18H,12-14H2,1-3H3,(H,25,27)/t18-/m0/s1. The molecule has 2 amide bonds. The zero-order valence-electron chi connectivity index (χ0n) is 18.3. The Morgan fingerprint density at radius 3 is 2.44 bits per heavy atom. The largest absolute Gasteiger partial charge is 0.459 e. The van der Waals surface area contributed by atoms with E-state index in [1.54, 1.807) is 50.2 Å². The fraction of sp³-hybridized carbons (Fsp3) is 0.333. The molecule has 1 atom stereocenters. The Morgan fingerprint density at radius 2 is 1.78 bits per heavy atom. The monoisotopic (exact) mass is 438 g/mol. The molecule has 168 valence electrons. The van der Waals surface area contributed by atoms with Gasteiger partial charge < -0.3 is 19.7 Å². The van der Waals surface area contributed by atoms with Crippen molar-refractivity contribution in [3.63, 3.8) is 0 Å². The number of ether oxygens (including phenoxy) is 2. The molecule has 1 saturated heterocycles. The van der Waals surface area contributed by atoms with Crippen LogP contribution >= 0.6 is 0 Å². The van der Waals surface area contributed by atoms with Gasteiger partial charge in [-0.2, -0.15) is 0 Å². The molecule has 1 N–H and O–H groups in total. The van der Waals surface area contributed by atoms with Crippen molar-refractivity contribution < 1.29 is 28.7 Å². The number of nitrogens with zero attached hydrogens (tertiary/aromatic N) is 1. The van der Waals surface area contributed by atoms with Crippen LogP contribution in [-0.4, -0.2) is 43.0 Å². The molecule has 0 unspecified atom stereocenters. The summed E-state index contributed by atoms with van der Waals surface area (Å²) in [5.41, 5.74) is 2.50. The first-order valence-corrected chi connectivity index (χ1v) is 10.4. The molecule has 0 saturated carbocycles. The summed E-state index contributed by atoms with van der Waals surface area (Å²) in [6, 6.07) is 13.7. The summed E-state index contributed by atoms with van der Waals surface area (Å²) in [5, 5.41) is 2.69. The van der Waals surface area contributed by atoms with Crippen LogP contribution in [0.25, 0.3) is 0 Å². The molecule has 8 heteroatoms. The molecule has 1 heterocycles. The molecule has 1 aliphatic heterocycles. The summed E-state index contributed by atoms with van der Waals surface area (Å²) in [6.45, 7) is 5.11. The average molecular weight is 438 g/mol. The highest BCUT2D eigenvalue weighted by atomic mass is 16.5. The summed E-state index contributed by atoms with van der Waals surface area (Å²) in [4.78, 5) is 50.3. The van der Waals surface area contributed by atoms with Crippen LogP contribution in [0.15, 0.2) is 48.5 Å². The SMILES string of the molecule is Cc1ccccc1NC(=O)COC(=O)[C@H]1CC(=O)N(c2ccc(C(=O)OC(C)C)cc2)C1. The van der Waals surface area contributed by atoms with Crippen LogP contribution in [0.3, 0.4) is 0 Å². The maximum atomic E-state index is 12.4. The Bertz CT molecular complexity index is 1020. The first-order valence-electron chi connectivity index (χ1n) is 10.4. The maximum Gasteiger partial charge on any atom is 0.338 e. The molecule has 1 aliphatic rings. The van der Waals surface area contributed by atoms with E-state index in [9.17, 15) is 19.2 Å². The van der Waals surface area contributed by atoms with Gasteiger partial charge in [-0.15, -0.1) is 0 Å². The van der Waals surface area contributed by atoms with Crippen LogP contribution in [0.5, 0.6) is 0 Å². The van der Waals surface area contributed by atoms with Crippen LogP contribution in [0, 0.1) is 12.8 Å². The van der Waals surface area contributed by atoms with Crippen molar-refractivity contribution in [3.05, 3.63) is 59.7 Å². The lowest BCUT2D eigenvalue weighted by atomic mass is 10.1. The van der Waals surface area contributed by atoms with Gasteiger partial charge in [0.15, 0.2) is 6.61 Å². The van der Waals surface area contributed by atoms with Gasteiger partial charge >= 0.3 is 11.9 Å². The highest BCUT2D eigenvalue weighted by Gasteiger charge is 2.36. The van der Waals surface area contributed by atoms with E-state index in [1.165, 1.54) is 4.90 Å². The molecule has 0 spiro atoms. The molecular formula is C24H26N2O6. The van der Waals surface area contributed by atoms with E-state index < -0.39 is 30.4 Å². The van der Waals surface area contributed by atoms with Crippen LogP contribution in [0.4, 0.5) is 11.4 Å². The number of carbonyl (C=O) groups excluding carboxylic acids is 4. The molecule has 3 rings (SSSR count). The predicted molar refractivity (Wildman–Crippen MR) is 118 cm³/mol. The van der Waals surface area contributed by atoms with Gasteiger partial charge in [0.25, 0.3) is 5.91 Å². The minimum atomic E-state index is -0.667. The molecule has 2 aromatic rings.